The number of carbonyl (C=O) groups is 2. The molecule has 0 bridgehead atoms. The zero-order valence-corrected chi connectivity index (χ0v) is 27.8. The van der Waals surface area contributed by atoms with Gasteiger partial charge in [0, 0.05) is 24.0 Å². The molecule has 0 spiro atoms. The van der Waals surface area contributed by atoms with E-state index < -0.39 is 28.5 Å². The van der Waals surface area contributed by atoms with Gasteiger partial charge in [0.05, 0.1) is 10.6 Å². The average molecular weight is 658 g/mol. The van der Waals surface area contributed by atoms with E-state index in [1.807, 2.05) is 68.4 Å². The van der Waals surface area contributed by atoms with Crippen molar-refractivity contribution in [3.8, 4) is 0 Å². The molecule has 0 radical (unpaired) electrons. The van der Waals surface area contributed by atoms with Crippen molar-refractivity contribution in [1.29, 1.82) is 0 Å². The Morgan fingerprint density at radius 2 is 1.50 bits per heavy atom. The number of amides is 2. The van der Waals surface area contributed by atoms with Crippen molar-refractivity contribution in [3.05, 3.63) is 130 Å². The predicted molar refractivity (Wildman–Crippen MR) is 183 cm³/mol. The molecule has 46 heavy (non-hydrogen) atoms. The first-order chi connectivity index (χ1) is 22.1. The van der Waals surface area contributed by atoms with E-state index in [0.29, 0.717) is 21.8 Å². The summed E-state index contributed by atoms with van der Waals surface area (Å²) < 4.78 is 29.7. The Labute approximate surface area is 277 Å². The van der Waals surface area contributed by atoms with Gasteiger partial charge in [-0.3, -0.25) is 13.9 Å². The minimum Gasteiger partial charge on any atom is -0.352 e. The van der Waals surface area contributed by atoms with Gasteiger partial charge in [-0.15, -0.1) is 0 Å². The van der Waals surface area contributed by atoms with E-state index in [1.54, 1.807) is 36.4 Å². The summed E-state index contributed by atoms with van der Waals surface area (Å²) in [6, 6.07) is 29.5. The van der Waals surface area contributed by atoms with Crippen LogP contribution in [0.1, 0.15) is 47.9 Å². The maximum atomic E-state index is 14.7. The zero-order chi connectivity index (χ0) is 32.7. The summed E-state index contributed by atoms with van der Waals surface area (Å²) in [5.74, 6) is -0.775. The normalized spacial score (nSPS) is 14.1. The molecule has 0 saturated heterocycles. The lowest BCUT2D eigenvalue weighted by molar-refractivity contribution is -0.140. The number of rotatable bonds is 12. The molecule has 1 aliphatic carbocycles. The number of aryl methyl sites for hydroxylation is 2. The quantitative estimate of drug-likeness (QED) is 0.181. The number of halogens is 1. The van der Waals surface area contributed by atoms with Crippen molar-refractivity contribution in [1.82, 2.24) is 10.2 Å². The summed E-state index contributed by atoms with van der Waals surface area (Å²) in [6.07, 6.45) is 4.11. The summed E-state index contributed by atoms with van der Waals surface area (Å²) in [4.78, 5) is 30.4. The van der Waals surface area contributed by atoms with Crippen molar-refractivity contribution in [2.24, 2.45) is 0 Å². The third-order valence-electron chi connectivity index (χ3n) is 8.51. The highest BCUT2D eigenvalue weighted by molar-refractivity contribution is 7.92. The van der Waals surface area contributed by atoms with E-state index in [1.165, 1.54) is 21.3 Å². The van der Waals surface area contributed by atoms with Gasteiger partial charge in [-0.25, -0.2) is 8.42 Å². The van der Waals surface area contributed by atoms with E-state index >= 15 is 0 Å². The molecule has 1 atom stereocenters. The van der Waals surface area contributed by atoms with Crippen molar-refractivity contribution in [3.63, 3.8) is 0 Å². The summed E-state index contributed by atoms with van der Waals surface area (Å²) in [5.41, 5.74) is 3.51. The van der Waals surface area contributed by atoms with E-state index in [4.69, 9.17) is 11.6 Å². The van der Waals surface area contributed by atoms with Gasteiger partial charge in [-0.2, -0.15) is 0 Å². The lowest BCUT2D eigenvalue weighted by atomic mass is 10.0. The SMILES string of the molecule is Cc1ccc(C)c(N(CC(=O)N(Cc2ccccc2Cl)[C@H](Cc2ccccc2)C(=O)NC2CCCC2)S(=O)(=O)c2ccccc2)c1. The van der Waals surface area contributed by atoms with Crippen LogP contribution < -0.4 is 9.62 Å². The Hall–Kier alpha value is -4.14. The van der Waals surface area contributed by atoms with Crippen LogP contribution >= 0.6 is 11.6 Å². The number of hydrogen-bond acceptors (Lipinski definition) is 4. The summed E-state index contributed by atoms with van der Waals surface area (Å²) in [5, 5.41) is 3.65. The van der Waals surface area contributed by atoms with Crippen molar-refractivity contribution < 1.29 is 18.0 Å². The lowest BCUT2D eigenvalue weighted by Crippen LogP contribution is -2.54. The third-order valence-corrected chi connectivity index (χ3v) is 10.7. The van der Waals surface area contributed by atoms with Gasteiger partial charge >= 0.3 is 0 Å². The number of anilines is 1. The summed E-state index contributed by atoms with van der Waals surface area (Å²) in [6.45, 7) is 3.22. The molecule has 4 aromatic carbocycles. The second kappa shape index (κ2) is 15.0. The van der Waals surface area contributed by atoms with Gasteiger partial charge < -0.3 is 10.2 Å². The van der Waals surface area contributed by atoms with Crippen molar-refractivity contribution in [2.75, 3.05) is 10.8 Å². The highest BCUT2D eigenvalue weighted by Crippen LogP contribution is 2.29. The maximum Gasteiger partial charge on any atom is 0.264 e. The Morgan fingerprint density at radius 1 is 0.870 bits per heavy atom. The molecule has 5 rings (SSSR count). The van der Waals surface area contributed by atoms with Gasteiger partial charge in [-0.1, -0.05) is 103 Å². The molecule has 1 N–H and O–H groups in total. The largest absolute Gasteiger partial charge is 0.352 e. The predicted octanol–water partition coefficient (Wildman–Crippen LogP) is 6.85. The summed E-state index contributed by atoms with van der Waals surface area (Å²) in [7, 11) is -4.17. The van der Waals surface area contributed by atoms with E-state index in [2.05, 4.69) is 5.32 Å². The third kappa shape index (κ3) is 7.98. The van der Waals surface area contributed by atoms with Gasteiger partial charge in [-0.05, 0) is 73.2 Å². The first-order valence-electron chi connectivity index (χ1n) is 15.7. The molecule has 1 saturated carbocycles. The highest BCUT2D eigenvalue weighted by Gasteiger charge is 2.36. The zero-order valence-electron chi connectivity index (χ0n) is 26.2. The van der Waals surface area contributed by atoms with E-state index in [-0.39, 0.29) is 29.8 Å². The molecule has 2 amide bonds. The van der Waals surface area contributed by atoms with Crippen LogP contribution in [0.2, 0.25) is 5.02 Å². The van der Waals surface area contributed by atoms with Crippen LogP contribution in [0.15, 0.2) is 108 Å². The molecule has 240 valence electrons. The lowest BCUT2D eigenvalue weighted by Gasteiger charge is -2.35. The van der Waals surface area contributed by atoms with Gasteiger partial charge in [0.15, 0.2) is 0 Å². The Kier molecular flexibility index (Phi) is 10.8. The van der Waals surface area contributed by atoms with Crippen LogP contribution in [0.4, 0.5) is 5.69 Å². The van der Waals surface area contributed by atoms with Crippen LogP contribution in [0.25, 0.3) is 0 Å². The average Bonchev–Trinajstić information content (AvgIpc) is 3.57. The molecular weight excluding hydrogens is 618 g/mol. The van der Waals surface area contributed by atoms with Crippen LogP contribution in [0, 0.1) is 13.8 Å². The molecule has 0 heterocycles. The smallest absolute Gasteiger partial charge is 0.264 e. The van der Waals surface area contributed by atoms with Crippen LogP contribution in [-0.4, -0.2) is 43.8 Å². The number of sulfonamides is 1. The fourth-order valence-corrected chi connectivity index (χ4v) is 7.64. The fourth-order valence-electron chi connectivity index (χ4n) is 5.95. The van der Waals surface area contributed by atoms with E-state index in [9.17, 15) is 18.0 Å². The fraction of sp³-hybridized carbons (Fsp3) is 0.297. The molecule has 1 fully saturated rings. The van der Waals surface area contributed by atoms with Crippen LogP contribution in [0.5, 0.6) is 0 Å². The monoisotopic (exact) mass is 657 g/mol. The first-order valence-corrected chi connectivity index (χ1v) is 17.5. The van der Waals surface area contributed by atoms with Gasteiger partial charge in [0.2, 0.25) is 11.8 Å². The van der Waals surface area contributed by atoms with Crippen LogP contribution in [0.3, 0.4) is 0 Å². The van der Waals surface area contributed by atoms with Gasteiger partial charge in [0.1, 0.15) is 12.6 Å². The van der Waals surface area contributed by atoms with Crippen LogP contribution in [-0.2, 0) is 32.6 Å². The molecule has 4 aromatic rings. The number of nitrogens with one attached hydrogen (secondary N) is 1. The molecule has 9 heteroatoms. The van der Waals surface area contributed by atoms with Crippen molar-refractivity contribution >= 4 is 39.1 Å². The minimum atomic E-state index is -4.17. The molecule has 0 aliphatic heterocycles. The molecule has 1 aliphatic rings. The second-order valence-corrected chi connectivity index (χ2v) is 14.2. The maximum absolute atomic E-state index is 14.7. The summed E-state index contributed by atoms with van der Waals surface area (Å²) >= 11 is 6.60. The molecule has 0 aromatic heterocycles. The number of nitrogens with zero attached hydrogens (tertiary/aromatic N) is 2. The first kappa shape index (κ1) is 33.2. The molecule has 0 unspecified atom stereocenters. The highest BCUT2D eigenvalue weighted by atomic mass is 35.5. The topological polar surface area (TPSA) is 86.8 Å². The molecule has 7 nitrogen and oxygen atoms in total. The van der Waals surface area contributed by atoms with Gasteiger partial charge in [0.25, 0.3) is 10.0 Å². The van der Waals surface area contributed by atoms with E-state index in [0.717, 1.165) is 36.8 Å². The Balaban J connectivity index is 1.59. The second-order valence-electron chi connectivity index (χ2n) is 11.9. The minimum absolute atomic E-state index is 0.0279. The number of benzene rings is 4. The van der Waals surface area contributed by atoms with Crippen molar-refractivity contribution in [2.45, 2.75) is 69.5 Å². The Bertz CT molecular complexity index is 1760. The number of hydrogen-bond donors (Lipinski definition) is 1. The number of carbonyl (C=O) groups excluding carboxylic acids is 2. The standard InChI is InChI=1S/C37H40ClN3O4S/c1-27-21-22-28(2)34(23-27)41(46(44,45)32-18-7-4-8-19-32)26-36(42)40(25-30-15-9-12-20-33(30)38)35(24-29-13-5-3-6-14-29)37(43)39-31-16-10-11-17-31/h3-9,12-15,18-23,31,35H,10-11,16-17,24-26H2,1-2H3,(H,39,43)/t35-/m1/s1. The Morgan fingerprint density at radius 3 is 2.17 bits per heavy atom. The molecular formula is C37H40ClN3O4S.